The van der Waals surface area contributed by atoms with E-state index in [4.69, 9.17) is 0 Å². The highest BCUT2D eigenvalue weighted by molar-refractivity contribution is 7.78. The van der Waals surface area contributed by atoms with E-state index >= 15 is 0 Å². The molecule has 0 N–H and O–H groups in total. The van der Waals surface area contributed by atoms with Crippen molar-refractivity contribution >= 4 is 23.1 Å². The predicted octanol–water partition coefficient (Wildman–Crippen LogP) is 3.48. The van der Waals surface area contributed by atoms with Crippen LogP contribution in [0, 0.1) is 0 Å². The monoisotopic (exact) mass is 212 g/mol. The van der Waals surface area contributed by atoms with Gasteiger partial charge in [0.15, 0.2) is 0 Å². The third-order valence-corrected chi connectivity index (χ3v) is 2.09. The van der Waals surface area contributed by atoms with Crippen LogP contribution < -0.4 is 0 Å². The Bertz CT molecular complexity index is 485. The van der Waals surface area contributed by atoms with Crippen LogP contribution in [0.5, 0.6) is 0 Å². The molecule has 0 unspecified atom stereocenters. The molecule has 0 radical (unpaired) electrons. The second kappa shape index (κ2) is 4.60. The molecule has 1 heterocycles. The zero-order chi connectivity index (χ0) is 10.5. The van der Waals surface area contributed by atoms with E-state index in [2.05, 4.69) is 27.4 Å². The number of nitrogens with zero attached hydrogens (tertiary/aromatic N) is 2. The molecule has 1 aromatic heterocycles. The number of rotatable bonds is 2. The smallest absolute Gasteiger partial charge is 0.0740 e. The van der Waals surface area contributed by atoms with Gasteiger partial charge in [0.2, 0.25) is 0 Å². The maximum Gasteiger partial charge on any atom is 0.0740 e. The van der Waals surface area contributed by atoms with Crippen LogP contribution in [0.4, 0.5) is 5.69 Å². The minimum absolute atomic E-state index is 0.810. The largest absolute Gasteiger partial charge is 0.256 e. The van der Waals surface area contributed by atoms with E-state index < -0.39 is 0 Å². The van der Waals surface area contributed by atoms with Crippen molar-refractivity contribution in [3.05, 3.63) is 48.7 Å². The Morgan fingerprint density at radius 3 is 2.47 bits per heavy atom. The number of aliphatic imine (C=N–C) groups is 1. The van der Waals surface area contributed by atoms with Crippen LogP contribution in [-0.4, -0.2) is 10.1 Å². The standard InChI is InChI=1S/C12H8N2S/c15-9-14-11-6-4-10(5-7-11)12-3-1-2-8-13-12/h1-8H. The number of hydrogen-bond donors (Lipinski definition) is 0. The van der Waals surface area contributed by atoms with Crippen molar-refractivity contribution in [2.24, 2.45) is 4.99 Å². The van der Waals surface area contributed by atoms with E-state index in [1.54, 1.807) is 6.20 Å². The molecule has 0 bridgehead atoms. The molecule has 0 spiro atoms. The molecule has 0 atom stereocenters. The SMILES string of the molecule is S=C=Nc1ccc(-c2ccccn2)cc1. The third-order valence-electron chi connectivity index (χ3n) is 2.00. The van der Waals surface area contributed by atoms with E-state index in [1.165, 1.54) is 0 Å². The summed E-state index contributed by atoms with van der Waals surface area (Å²) in [6.45, 7) is 0. The van der Waals surface area contributed by atoms with Crippen LogP contribution in [0.1, 0.15) is 0 Å². The lowest BCUT2D eigenvalue weighted by Crippen LogP contribution is -1.80. The van der Waals surface area contributed by atoms with Gasteiger partial charge < -0.3 is 0 Å². The first kappa shape index (κ1) is 9.71. The van der Waals surface area contributed by atoms with Crippen molar-refractivity contribution in [3.8, 4) is 11.3 Å². The van der Waals surface area contributed by atoms with Gasteiger partial charge in [-0.3, -0.25) is 4.98 Å². The molecule has 3 heteroatoms. The summed E-state index contributed by atoms with van der Waals surface area (Å²) in [5.41, 5.74) is 2.83. The summed E-state index contributed by atoms with van der Waals surface area (Å²) in [7, 11) is 0. The number of isothiocyanates is 1. The fourth-order valence-electron chi connectivity index (χ4n) is 1.29. The summed E-state index contributed by atoms with van der Waals surface area (Å²) < 4.78 is 0. The lowest BCUT2D eigenvalue weighted by Gasteiger charge is -1.99. The van der Waals surface area contributed by atoms with Gasteiger partial charge in [0, 0.05) is 11.8 Å². The maximum absolute atomic E-state index is 4.53. The van der Waals surface area contributed by atoms with Gasteiger partial charge in [0.25, 0.3) is 0 Å². The highest BCUT2D eigenvalue weighted by atomic mass is 32.1. The lowest BCUT2D eigenvalue weighted by molar-refractivity contribution is 1.33. The highest BCUT2D eigenvalue weighted by Gasteiger charge is 1.96. The van der Waals surface area contributed by atoms with Gasteiger partial charge in [0.05, 0.1) is 16.5 Å². The van der Waals surface area contributed by atoms with Crippen LogP contribution >= 0.6 is 12.2 Å². The number of pyridine rings is 1. The van der Waals surface area contributed by atoms with Crippen LogP contribution in [0.3, 0.4) is 0 Å². The van der Waals surface area contributed by atoms with E-state index in [0.29, 0.717) is 0 Å². The van der Waals surface area contributed by atoms with Gasteiger partial charge in [-0.05, 0) is 36.5 Å². The van der Waals surface area contributed by atoms with Crippen LogP contribution in [0.2, 0.25) is 0 Å². The van der Waals surface area contributed by atoms with Gasteiger partial charge in [0.1, 0.15) is 0 Å². The number of aromatic nitrogens is 1. The van der Waals surface area contributed by atoms with Crippen molar-refractivity contribution in [2.45, 2.75) is 0 Å². The molecule has 72 valence electrons. The second-order valence-corrected chi connectivity index (χ2v) is 3.15. The van der Waals surface area contributed by atoms with Crippen LogP contribution in [0.25, 0.3) is 11.3 Å². The quantitative estimate of drug-likeness (QED) is 0.562. The molecule has 0 aliphatic carbocycles. The molecule has 2 nitrogen and oxygen atoms in total. The normalized spacial score (nSPS) is 9.33. The summed E-state index contributed by atoms with van der Waals surface area (Å²) in [4.78, 5) is 8.14. The van der Waals surface area contributed by atoms with E-state index in [1.807, 2.05) is 42.5 Å². The Balaban J connectivity index is 2.36. The number of benzene rings is 1. The van der Waals surface area contributed by atoms with Gasteiger partial charge in [-0.1, -0.05) is 18.2 Å². The second-order valence-electron chi connectivity index (χ2n) is 2.96. The first-order chi connectivity index (χ1) is 7.40. The number of thiocarbonyl (C=S) groups is 1. The summed E-state index contributed by atoms with van der Waals surface area (Å²) in [6, 6.07) is 13.5. The van der Waals surface area contributed by atoms with E-state index in [-0.39, 0.29) is 0 Å². The summed E-state index contributed by atoms with van der Waals surface area (Å²) >= 11 is 4.53. The first-order valence-corrected chi connectivity index (χ1v) is 4.90. The average Bonchev–Trinajstić information content (AvgIpc) is 2.32. The number of hydrogen-bond acceptors (Lipinski definition) is 3. The van der Waals surface area contributed by atoms with Gasteiger partial charge >= 0.3 is 0 Å². The fraction of sp³-hybridized carbons (Fsp3) is 0. The molecule has 0 saturated carbocycles. The lowest BCUT2D eigenvalue weighted by atomic mass is 10.1. The predicted molar refractivity (Wildman–Crippen MR) is 64.4 cm³/mol. The molecule has 0 aliphatic rings. The van der Waals surface area contributed by atoms with E-state index in [0.717, 1.165) is 16.9 Å². The van der Waals surface area contributed by atoms with Crippen molar-refractivity contribution < 1.29 is 0 Å². The molecule has 0 aliphatic heterocycles. The molecule has 15 heavy (non-hydrogen) atoms. The molecule has 1 aromatic carbocycles. The molecule has 2 aromatic rings. The van der Waals surface area contributed by atoms with Gasteiger partial charge in [-0.25, -0.2) is 0 Å². The highest BCUT2D eigenvalue weighted by Crippen LogP contribution is 2.19. The van der Waals surface area contributed by atoms with Gasteiger partial charge in [-0.2, -0.15) is 4.99 Å². The summed E-state index contributed by atoms with van der Waals surface area (Å²) in [5, 5.41) is 2.34. The molecule has 0 fully saturated rings. The zero-order valence-corrected chi connectivity index (χ0v) is 8.74. The molecule has 0 amide bonds. The molecular formula is C12H8N2S. The van der Waals surface area contributed by atoms with Crippen molar-refractivity contribution in [1.82, 2.24) is 4.98 Å². The Morgan fingerprint density at radius 1 is 1.07 bits per heavy atom. The Morgan fingerprint density at radius 2 is 1.87 bits per heavy atom. The Kier molecular flexibility index (Phi) is 2.98. The van der Waals surface area contributed by atoms with Crippen LogP contribution in [-0.2, 0) is 0 Å². The molecule has 2 rings (SSSR count). The maximum atomic E-state index is 4.53. The molecule has 0 saturated heterocycles. The average molecular weight is 212 g/mol. The van der Waals surface area contributed by atoms with Gasteiger partial charge in [-0.15, -0.1) is 0 Å². The van der Waals surface area contributed by atoms with Crippen molar-refractivity contribution in [3.63, 3.8) is 0 Å². The topological polar surface area (TPSA) is 25.2 Å². The summed E-state index contributed by atoms with van der Waals surface area (Å²) in [6.07, 6.45) is 1.78. The minimum Gasteiger partial charge on any atom is -0.256 e. The Labute approximate surface area is 93.3 Å². The summed E-state index contributed by atoms with van der Waals surface area (Å²) in [5.74, 6) is 0. The van der Waals surface area contributed by atoms with Crippen LogP contribution in [0.15, 0.2) is 53.7 Å². The van der Waals surface area contributed by atoms with E-state index in [9.17, 15) is 0 Å². The fourth-order valence-corrected chi connectivity index (χ4v) is 1.40. The first-order valence-electron chi connectivity index (χ1n) is 4.49. The van der Waals surface area contributed by atoms with Crippen molar-refractivity contribution in [2.75, 3.05) is 0 Å². The Hall–Kier alpha value is -1.83. The zero-order valence-electron chi connectivity index (χ0n) is 7.92. The minimum atomic E-state index is 0.810. The van der Waals surface area contributed by atoms with Crippen molar-refractivity contribution in [1.29, 1.82) is 0 Å². The molecular weight excluding hydrogens is 204 g/mol. The third kappa shape index (κ3) is 2.34.